The van der Waals surface area contributed by atoms with Crippen LogP contribution in [0.2, 0.25) is 5.02 Å². The van der Waals surface area contributed by atoms with Crippen LogP contribution in [0.1, 0.15) is 0 Å². The van der Waals surface area contributed by atoms with E-state index >= 15 is 0 Å². The largest absolute Gasteiger partial charge is 0.248 e. The van der Waals surface area contributed by atoms with E-state index in [0.717, 1.165) is 16.5 Å². The molecule has 5 heteroatoms. The number of nitrogens with zero attached hydrogens (tertiary/aromatic N) is 1. The van der Waals surface area contributed by atoms with E-state index < -0.39 is 11.6 Å². The third-order valence-corrected chi connectivity index (χ3v) is 4.43. The summed E-state index contributed by atoms with van der Waals surface area (Å²) in [6, 6.07) is 14.5. The van der Waals surface area contributed by atoms with Gasteiger partial charge in [-0.2, -0.15) is 0 Å². The summed E-state index contributed by atoms with van der Waals surface area (Å²) in [5.74, 6) is -1.25. The minimum absolute atomic E-state index is 0.260. The molecule has 0 N–H and O–H groups in total. The Balaban J connectivity index is 2.19. The lowest BCUT2D eigenvalue weighted by molar-refractivity contribution is 0.585. The molecule has 3 rings (SSSR count). The van der Waals surface area contributed by atoms with Crippen molar-refractivity contribution in [3.05, 3.63) is 71.3 Å². The first-order valence-corrected chi connectivity index (χ1v) is 8.45. The Labute approximate surface area is 142 Å². The van der Waals surface area contributed by atoms with E-state index in [4.69, 9.17) is 11.6 Å². The molecule has 0 unspecified atom stereocenters. The van der Waals surface area contributed by atoms with Crippen molar-refractivity contribution in [1.29, 1.82) is 0 Å². The van der Waals surface area contributed by atoms with E-state index in [1.165, 1.54) is 23.9 Å². The third kappa shape index (κ3) is 3.38. The molecule has 0 atom stereocenters. The van der Waals surface area contributed by atoms with Gasteiger partial charge < -0.3 is 0 Å². The predicted octanol–water partition coefficient (Wildman–Crippen LogP) is 6.07. The molecular weight excluding hydrogens is 336 g/mol. The highest BCUT2D eigenvalue weighted by atomic mass is 35.5. The van der Waals surface area contributed by atoms with Crippen molar-refractivity contribution in [2.75, 3.05) is 6.26 Å². The maximum atomic E-state index is 14.1. The van der Waals surface area contributed by atoms with Gasteiger partial charge in [0.1, 0.15) is 11.6 Å². The van der Waals surface area contributed by atoms with E-state index in [2.05, 4.69) is 4.98 Å². The molecule has 0 saturated heterocycles. The van der Waals surface area contributed by atoms with Crippen molar-refractivity contribution in [3.8, 4) is 22.5 Å². The van der Waals surface area contributed by atoms with Gasteiger partial charge in [-0.25, -0.2) is 13.8 Å². The molecule has 0 aliphatic rings. The molecule has 3 aromatic rings. The SMILES string of the molecule is CSc1cc(-c2ccc(F)cc2F)nc(-c2ccccc2Cl)c1. The van der Waals surface area contributed by atoms with Crippen LogP contribution in [0.4, 0.5) is 8.78 Å². The maximum Gasteiger partial charge on any atom is 0.135 e. The molecule has 23 heavy (non-hydrogen) atoms. The zero-order chi connectivity index (χ0) is 16.4. The average Bonchev–Trinajstić information content (AvgIpc) is 2.54. The fraction of sp³-hybridized carbons (Fsp3) is 0.0556. The zero-order valence-electron chi connectivity index (χ0n) is 12.2. The number of aromatic nitrogens is 1. The minimum Gasteiger partial charge on any atom is -0.248 e. The Hall–Kier alpha value is -1.91. The summed E-state index contributed by atoms with van der Waals surface area (Å²) in [6.07, 6.45) is 1.93. The topological polar surface area (TPSA) is 12.9 Å². The summed E-state index contributed by atoms with van der Waals surface area (Å²) in [5, 5.41) is 0.573. The average molecular weight is 348 g/mol. The fourth-order valence-electron chi connectivity index (χ4n) is 2.27. The van der Waals surface area contributed by atoms with E-state index in [1.54, 1.807) is 12.1 Å². The van der Waals surface area contributed by atoms with Gasteiger partial charge in [0.2, 0.25) is 0 Å². The van der Waals surface area contributed by atoms with Crippen molar-refractivity contribution < 1.29 is 8.78 Å². The summed E-state index contributed by atoms with van der Waals surface area (Å²) in [6.45, 7) is 0. The van der Waals surface area contributed by atoms with Crippen molar-refractivity contribution in [3.63, 3.8) is 0 Å². The van der Waals surface area contributed by atoms with Crippen molar-refractivity contribution in [1.82, 2.24) is 4.98 Å². The van der Waals surface area contributed by atoms with Crippen LogP contribution in [-0.4, -0.2) is 11.2 Å². The summed E-state index contributed by atoms with van der Waals surface area (Å²) < 4.78 is 27.2. The number of rotatable bonds is 3. The summed E-state index contributed by atoms with van der Waals surface area (Å²) >= 11 is 7.76. The van der Waals surface area contributed by atoms with Crippen LogP contribution >= 0.6 is 23.4 Å². The molecule has 2 aromatic carbocycles. The van der Waals surface area contributed by atoms with Gasteiger partial charge in [0, 0.05) is 27.1 Å². The van der Waals surface area contributed by atoms with Crippen LogP contribution in [0.15, 0.2) is 59.5 Å². The highest BCUT2D eigenvalue weighted by Gasteiger charge is 2.12. The predicted molar refractivity (Wildman–Crippen MR) is 91.8 cm³/mol. The van der Waals surface area contributed by atoms with E-state index in [-0.39, 0.29) is 5.56 Å². The van der Waals surface area contributed by atoms with Crippen LogP contribution in [0.5, 0.6) is 0 Å². The van der Waals surface area contributed by atoms with Gasteiger partial charge in [-0.15, -0.1) is 11.8 Å². The lowest BCUT2D eigenvalue weighted by Gasteiger charge is -2.10. The smallest absolute Gasteiger partial charge is 0.135 e. The van der Waals surface area contributed by atoms with Gasteiger partial charge in [0.25, 0.3) is 0 Å². The molecule has 1 aromatic heterocycles. The Morgan fingerprint density at radius 1 is 0.913 bits per heavy atom. The number of hydrogen-bond acceptors (Lipinski definition) is 2. The molecule has 1 nitrogen and oxygen atoms in total. The number of pyridine rings is 1. The standard InChI is InChI=1S/C18H12ClF2NS/c1-23-12-9-17(13-4-2-3-5-15(13)19)22-18(10-12)14-7-6-11(20)8-16(14)21/h2-10H,1H3. The normalized spacial score (nSPS) is 10.8. The molecule has 116 valence electrons. The number of hydrogen-bond donors (Lipinski definition) is 0. The number of thioether (sulfide) groups is 1. The molecular formula is C18H12ClF2NS. The fourth-order valence-corrected chi connectivity index (χ4v) is 2.96. The van der Waals surface area contributed by atoms with Gasteiger partial charge in [-0.1, -0.05) is 29.8 Å². The first-order chi connectivity index (χ1) is 11.1. The van der Waals surface area contributed by atoms with Gasteiger partial charge in [-0.3, -0.25) is 0 Å². The van der Waals surface area contributed by atoms with Crippen LogP contribution in [0.25, 0.3) is 22.5 Å². The van der Waals surface area contributed by atoms with Crippen LogP contribution < -0.4 is 0 Å². The van der Waals surface area contributed by atoms with Gasteiger partial charge in [0.05, 0.1) is 11.4 Å². The van der Waals surface area contributed by atoms with Crippen LogP contribution in [-0.2, 0) is 0 Å². The molecule has 0 radical (unpaired) electrons. The quantitative estimate of drug-likeness (QED) is 0.533. The molecule has 0 saturated carbocycles. The van der Waals surface area contributed by atoms with E-state index in [9.17, 15) is 8.78 Å². The Morgan fingerprint density at radius 3 is 2.26 bits per heavy atom. The Bertz CT molecular complexity index is 867. The molecule has 0 fully saturated rings. The van der Waals surface area contributed by atoms with E-state index in [0.29, 0.717) is 16.4 Å². The summed E-state index contributed by atoms with van der Waals surface area (Å²) in [5.41, 5.74) is 2.13. The number of benzene rings is 2. The molecule has 0 aliphatic heterocycles. The zero-order valence-corrected chi connectivity index (χ0v) is 13.8. The van der Waals surface area contributed by atoms with Crippen molar-refractivity contribution >= 4 is 23.4 Å². The molecule has 0 aliphatic carbocycles. The number of halogens is 3. The highest BCUT2D eigenvalue weighted by molar-refractivity contribution is 7.98. The molecule has 0 bridgehead atoms. The van der Waals surface area contributed by atoms with Gasteiger partial charge in [-0.05, 0) is 36.6 Å². The first-order valence-electron chi connectivity index (χ1n) is 6.85. The van der Waals surface area contributed by atoms with E-state index in [1.807, 2.05) is 30.5 Å². The highest BCUT2D eigenvalue weighted by Crippen LogP contribution is 2.32. The molecule has 0 spiro atoms. The monoisotopic (exact) mass is 347 g/mol. The van der Waals surface area contributed by atoms with Gasteiger partial charge in [0.15, 0.2) is 0 Å². The van der Waals surface area contributed by atoms with Crippen molar-refractivity contribution in [2.24, 2.45) is 0 Å². The second-order valence-electron chi connectivity index (χ2n) is 4.88. The lowest BCUT2D eigenvalue weighted by atomic mass is 10.1. The molecule has 0 amide bonds. The Kier molecular flexibility index (Phi) is 4.64. The van der Waals surface area contributed by atoms with Crippen LogP contribution in [0, 0.1) is 11.6 Å². The first kappa shape index (κ1) is 16.0. The molecule has 1 heterocycles. The second kappa shape index (κ2) is 6.69. The summed E-state index contributed by atoms with van der Waals surface area (Å²) in [7, 11) is 0. The Morgan fingerprint density at radius 2 is 1.61 bits per heavy atom. The summed E-state index contributed by atoms with van der Waals surface area (Å²) in [4.78, 5) is 5.44. The van der Waals surface area contributed by atoms with Gasteiger partial charge >= 0.3 is 0 Å². The second-order valence-corrected chi connectivity index (χ2v) is 6.17. The van der Waals surface area contributed by atoms with Crippen molar-refractivity contribution in [2.45, 2.75) is 4.90 Å². The third-order valence-electron chi connectivity index (χ3n) is 3.39. The maximum absolute atomic E-state index is 14.1. The minimum atomic E-state index is -0.638. The lowest BCUT2D eigenvalue weighted by Crippen LogP contribution is -1.93. The van der Waals surface area contributed by atoms with Crippen LogP contribution in [0.3, 0.4) is 0 Å².